The Balaban J connectivity index is 2.35. The van der Waals surface area contributed by atoms with Crippen molar-refractivity contribution in [3.8, 4) is 0 Å². The van der Waals surface area contributed by atoms with Crippen LogP contribution in [0.15, 0.2) is 0 Å². The van der Waals surface area contributed by atoms with Crippen LogP contribution in [0.2, 0.25) is 0 Å². The first-order chi connectivity index (χ1) is 5.74. The van der Waals surface area contributed by atoms with Gasteiger partial charge >= 0.3 is 0 Å². The molecular weight excluding hydrogens is 154 g/mol. The molecule has 0 saturated carbocycles. The molecule has 0 spiro atoms. The zero-order valence-electron chi connectivity index (χ0n) is 7.55. The smallest absolute Gasteiger partial charge is 0.231 e. The molecule has 1 fully saturated rings. The maximum absolute atomic E-state index is 10.7. The molecule has 0 aromatic rings. The maximum atomic E-state index is 10.7. The van der Waals surface area contributed by atoms with Crippen LogP contribution in [0.1, 0.15) is 12.8 Å². The predicted octanol–water partition coefficient (Wildman–Crippen LogP) is -0.844. The summed E-state index contributed by atoms with van der Waals surface area (Å²) in [5.74, 6) is -0.224. The van der Waals surface area contributed by atoms with Crippen LogP contribution in [0, 0.1) is 0 Å². The fourth-order valence-electron chi connectivity index (χ4n) is 1.77. The molecule has 1 amide bonds. The van der Waals surface area contributed by atoms with Gasteiger partial charge in [-0.25, -0.2) is 0 Å². The minimum atomic E-state index is -0.224. The third kappa shape index (κ3) is 2.46. The lowest BCUT2D eigenvalue weighted by atomic mass is 10.2. The molecule has 0 bridgehead atoms. The molecule has 0 aliphatic carbocycles. The van der Waals surface area contributed by atoms with Gasteiger partial charge in [-0.05, 0) is 26.4 Å². The lowest BCUT2D eigenvalue weighted by molar-refractivity contribution is -0.119. The highest BCUT2D eigenvalue weighted by atomic mass is 16.1. The summed E-state index contributed by atoms with van der Waals surface area (Å²) in [6, 6.07) is 0.502. The van der Waals surface area contributed by atoms with Crippen molar-refractivity contribution in [2.24, 2.45) is 5.73 Å². The van der Waals surface area contributed by atoms with Crippen molar-refractivity contribution in [3.63, 3.8) is 0 Å². The van der Waals surface area contributed by atoms with Crippen LogP contribution in [-0.4, -0.2) is 43.5 Å². The van der Waals surface area contributed by atoms with Crippen LogP contribution in [0.3, 0.4) is 0 Å². The van der Waals surface area contributed by atoms with Gasteiger partial charge in [0.05, 0.1) is 6.54 Å². The van der Waals surface area contributed by atoms with Gasteiger partial charge in [0.15, 0.2) is 0 Å². The summed E-state index contributed by atoms with van der Waals surface area (Å²) in [4.78, 5) is 12.8. The SMILES string of the molecule is CNCC1CCCN1CC(N)=O. The fourth-order valence-corrected chi connectivity index (χ4v) is 1.77. The Morgan fingerprint density at radius 1 is 1.75 bits per heavy atom. The first-order valence-corrected chi connectivity index (χ1v) is 4.41. The van der Waals surface area contributed by atoms with Crippen molar-refractivity contribution in [1.82, 2.24) is 10.2 Å². The second-order valence-electron chi connectivity index (χ2n) is 3.29. The third-order valence-electron chi connectivity index (χ3n) is 2.30. The van der Waals surface area contributed by atoms with Crippen molar-refractivity contribution in [2.45, 2.75) is 18.9 Å². The van der Waals surface area contributed by atoms with E-state index in [1.165, 1.54) is 12.8 Å². The van der Waals surface area contributed by atoms with E-state index in [-0.39, 0.29) is 5.91 Å². The number of rotatable bonds is 4. The highest BCUT2D eigenvalue weighted by Crippen LogP contribution is 2.15. The van der Waals surface area contributed by atoms with E-state index >= 15 is 0 Å². The molecule has 1 aliphatic rings. The van der Waals surface area contributed by atoms with E-state index in [9.17, 15) is 4.79 Å². The van der Waals surface area contributed by atoms with Crippen molar-refractivity contribution in [1.29, 1.82) is 0 Å². The standard InChI is InChI=1S/C8H17N3O/c1-10-5-7-3-2-4-11(7)6-8(9)12/h7,10H,2-6H2,1H3,(H2,9,12). The number of nitrogens with two attached hydrogens (primary N) is 1. The number of amides is 1. The molecule has 3 N–H and O–H groups in total. The molecule has 4 nitrogen and oxygen atoms in total. The summed E-state index contributed by atoms with van der Waals surface area (Å²) in [5.41, 5.74) is 5.13. The molecule has 1 rings (SSSR count). The topological polar surface area (TPSA) is 58.4 Å². The number of likely N-dealkylation sites (tertiary alicyclic amines) is 1. The predicted molar refractivity (Wildman–Crippen MR) is 47.7 cm³/mol. The number of likely N-dealkylation sites (N-methyl/N-ethyl adjacent to an activating group) is 1. The average Bonchev–Trinajstić information content (AvgIpc) is 2.37. The quantitative estimate of drug-likeness (QED) is 0.579. The lowest BCUT2D eigenvalue weighted by Gasteiger charge is -2.22. The third-order valence-corrected chi connectivity index (χ3v) is 2.30. The second-order valence-corrected chi connectivity index (χ2v) is 3.29. The molecule has 4 heteroatoms. The molecule has 1 atom stereocenters. The van der Waals surface area contributed by atoms with E-state index < -0.39 is 0 Å². The van der Waals surface area contributed by atoms with Crippen LogP contribution >= 0.6 is 0 Å². The summed E-state index contributed by atoms with van der Waals surface area (Å²) in [7, 11) is 1.93. The van der Waals surface area contributed by atoms with Crippen LogP contribution in [0.5, 0.6) is 0 Å². The maximum Gasteiger partial charge on any atom is 0.231 e. The largest absolute Gasteiger partial charge is 0.369 e. The van der Waals surface area contributed by atoms with E-state index in [0.29, 0.717) is 12.6 Å². The Bertz CT molecular complexity index is 160. The molecule has 70 valence electrons. The Labute approximate surface area is 73.1 Å². The normalized spacial score (nSPS) is 24.6. The van der Waals surface area contributed by atoms with E-state index in [4.69, 9.17) is 5.73 Å². The van der Waals surface area contributed by atoms with Crippen LogP contribution in [0.25, 0.3) is 0 Å². The Hall–Kier alpha value is -0.610. The van der Waals surface area contributed by atoms with Gasteiger partial charge in [-0.1, -0.05) is 0 Å². The number of hydrogen-bond donors (Lipinski definition) is 2. The molecular formula is C8H17N3O. The van der Waals surface area contributed by atoms with Gasteiger partial charge in [0.1, 0.15) is 0 Å². The fraction of sp³-hybridized carbons (Fsp3) is 0.875. The highest BCUT2D eigenvalue weighted by molar-refractivity contribution is 5.76. The molecule has 1 unspecified atom stereocenters. The monoisotopic (exact) mass is 171 g/mol. The molecule has 0 aromatic heterocycles. The van der Waals surface area contributed by atoms with Gasteiger partial charge in [0.25, 0.3) is 0 Å². The van der Waals surface area contributed by atoms with Crippen LogP contribution < -0.4 is 11.1 Å². The number of carbonyl (C=O) groups excluding carboxylic acids is 1. The molecule has 0 aromatic carbocycles. The van der Waals surface area contributed by atoms with Crippen molar-refractivity contribution in [3.05, 3.63) is 0 Å². The summed E-state index contributed by atoms with van der Waals surface area (Å²) >= 11 is 0. The molecule has 0 radical (unpaired) electrons. The Morgan fingerprint density at radius 3 is 3.08 bits per heavy atom. The Morgan fingerprint density at radius 2 is 2.50 bits per heavy atom. The van der Waals surface area contributed by atoms with Gasteiger partial charge in [-0.2, -0.15) is 0 Å². The zero-order valence-corrected chi connectivity index (χ0v) is 7.55. The Kier molecular flexibility index (Phi) is 3.49. The van der Waals surface area contributed by atoms with Gasteiger partial charge in [-0.15, -0.1) is 0 Å². The molecule has 1 aliphatic heterocycles. The summed E-state index contributed by atoms with van der Waals surface area (Å²) in [5, 5.41) is 3.12. The van der Waals surface area contributed by atoms with E-state index in [1.54, 1.807) is 0 Å². The highest BCUT2D eigenvalue weighted by Gasteiger charge is 2.24. The second kappa shape index (κ2) is 4.42. The first kappa shape index (κ1) is 9.48. The zero-order chi connectivity index (χ0) is 8.97. The number of nitrogens with zero attached hydrogens (tertiary/aromatic N) is 1. The van der Waals surface area contributed by atoms with Crippen molar-refractivity contribution >= 4 is 5.91 Å². The number of nitrogens with one attached hydrogen (secondary N) is 1. The number of primary amides is 1. The summed E-state index contributed by atoms with van der Waals surface area (Å²) in [6.45, 7) is 2.37. The molecule has 1 heterocycles. The lowest BCUT2D eigenvalue weighted by Crippen LogP contribution is -2.41. The van der Waals surface area contributed by atoms with E-state index in [2.05, 4.69) is 10.2 Å². The summed E-state index contributed by atoms with van der Waals surface area (Å²) in [6.07, 6.45) is 2.35. The van der Waals surface area contributed by atoms with Gasteiger partial charge in [0.2, 0.25) is 5.91 Å². The van der Waals surface area contributed by atoms with Crippen molar-refractivity contribution < 1.29 is 4.79 Å². The average molecular weight is 171 g/mol. The van der Waals surface area contributed by atoms with Gasteiger partial charge in [-0.3, -0.25) is 9.69 Å². The van der Waals surface area contributed by atoms with Crippen LogP contribution in [0.4, 0.5) is 0 Å². The molecule has 1 saturated heterocycles. The first-order valence-electron chi connectivity index (χ1n) is 4.41. The van der Waals surface area contributed by atoms with Crippen molar-refractivity contribution in [2.75, 3.05) is 26.7 Å². The van der Waals surface area contributed by atoms with Crippen LogP contribution in [-0.2, 0) is 4.79 Å². The van der Waals surface area contributed by atoms with E-state index in [0.717, 1.165) is 13.1 Å². The van der Waals surface area contributed by atoms with E-state index in [1.807, 2.05) is 7.05 Å². The minimum Gasteiger partial charge on any atom is -0.369 e. The van der Waals surface area contributed by atoms with Gasteiger partial charge in [0, 0.05) is 12.6 Å². The minimum absolute atomic E-state index is 0.224. The number of carbonyl (C=O) groups is 1. The summed E-state index contributed by atoms with van der Waals surface area (Å²) < 4.78 is 0. The number of hydrogen-bond acceptors (Lipinski definition) is 3. The van der Waals surface area contributed by atoms with Gasteiger partial charge < -0.3 is 11.1 Å². The molecule has 12 heavy (non-hydrogen) atoms.